The molecule has 2 unspecified atom stereocenters. The van der Waals surface area contributed by atoms with E-state index in [0.717, 1.165) is 0 Å². The lowest BCUT2D eigenvalue weighted by molar-refractivity contribution is -0.119. The molecule has 0 saturated heterocycles. The molecule has 0 fully saturated rings. The SMILES string of the molecule is CC(=O)NCC(O)C(O)c1cccc(C(=O)O)c1Cl. The third kappa shape index (κ3) is 3.92. The largest absolute Gasteiger partial charge is 0.478 e. The molecule has 1 amide bonds. The Balaban J connectivity index is 2.93. The molecule has 0 heterocycles. The molecule has 1 aromatic rings. The van der Waals surface area contributed by atoms with Crippen LogP contribution in [0.4, 0.5) is 0 Å². The zero-order valence-electron chi connectivity index (χ0n) is 10.1. The Morgan fingerprint density at radius 2 is 2.00 bits per heavy atom. The van der Waals surface area contributed by atoms with Gasteiger partial charge < -0.3 is 20.6 Å². The van der Waals surface area contributed by atoms with Crippen LogP contribution in [0, 0.1) is 0 Å². The molecule has 1 rings (SSSR count). The van der Waals surface area contributed by atoms with Crippen LogP contribution in [0.5, 0.6) is 0 Å². The molecule has 0 radical (unpaired) electrons. The molecule has 7 heteroatoms. The minimum atomic E-state index is -1.39. The number of hydrogen-bond donors (Lipinski definition) is 4. The van der Waals surface area contributed by atoms with Crippen molar-refractivity contribution in [2.24, 2.45) is 0 Å². The molecule has 0 aliphatic rings. The van der Waals surface area contributed by atoms with Crippen LogP contribution in [0.15, 0.2) is 18.2 Å². The lowest BCUT2D eigenvalue weighted by Crippen LogP contribution is -2.34. The number of aliphatic hydroxyl groups is 2. The average Bonchev–Trinajstić information content (AvgIpc) is 2.34. The molecule has 0 aliphatic carbocycles. The fourth-order valence-corrected chi connectivity index (χ4v) is 1.83. The van der Waals surface area contributed by atoms with Gasteiger partial charge in [-0.15, -0.1) is 0 Å². The molecule has 6 nitrogen and oxygen atoms in total. The lowest BCUT2D eigenvalue weighted by atomic mass is 10.0. The molecule has 0 spiro atoms. The zero-order valence-corrected chi connectivity index (χ0v) is 10.9. The van der Waals surface area contributed by atoms with Crippen molar-refractivity contribution in [3.63, 3.8) is 0 Å². The fraction of sp³-hybridized carbons (Fsp3) is 0.333. The topological polar surface area (TPSA) is 107 Å². The average molecular weight is 288 g/mol. The molecule has 0 saturated carbocycles. The highest BCUT2D eigenvalue weighted by molar-refractivity contribution is 6.34. The quantitative estimate of drug-likeness (QED) is 0.633. The highest BCUT2D eigenvalue weighted by atomic mass is 35.5. The number of hydrogen-bond acceptors (Lipinski definition) is 4. The van der Waals surface area contributed by atoms with Gasteiger partial charge in [-0.25, -0.2) is 4.79 Å². The third-order valence-electron chi connectivity index (χ3n) is 2.50. The van der Waals surface area contributed by atoms with E-state index in [1.807, 2.05) is 0 Å². The molecule has 4 N–H and O–H groups in total. The van der Waals surface area contributed by atoms with Crippen LogP contribution in [0.2, 0.25) is 5.02 Å². The predicted molar refractivity (Wildman–Crippen MR) is 68.1 cm³/mol. The number of halogens is 1. The summed E-state index contributed by atoms with van der Waals surface area (Å²) in [6, 6.07) is 4.12. The first kappa shape index (κ1) is 15.4. The van der Waals surface area contributed by atoms with E-state index in [0.29, 0.717) is 0 Å². The van der Waals surface area contributed by atoms with Gasteiger partial charge in [-0.05, 0) is 6.07 Å². The van der Waals surface area contributed by atoms with Crippen LogP contribution < -0.4 is 5.32 Å². The second kappa shape index (κ2) is 6.51. The van der Waals surface area contributed by atoms with E-state index < -0.39 is 18.2 Å². The van der Waals surface area contributed by atoms with Crippen molar-refractivity contribution in [3.8, 4) is 0 Å². The van der Waals surface area contributed by atoms with Crippen molar-refractivity contribution in [2.75, 3.05) is 6.54 Å². The number of benzene rings is 1. The van der Waals surface area contributed by atoms with Gasteiger partial charge in [-0.2, -0.15) is 0 Å². The Hall–Kier alpha value is -1.63. The van der Waals surface area contributed by atoms with Crippen molar-refractivity contribution in [1.29, 1.82) is 0 Å². The van der Waals surface area contributed by atoms with Crippen LogP contribution in [-0.4, -0.2) is 39.8 Å². The van der Waals surface area contributed by atoms with Crippen LogP contribution >= 0.6 is 11.6 Å². The van der Waals surface area contributed by atoms with E-state index >= 15 is 0 Å². The fourth-order valence-electron chi connectivity index (χ4n) is 1.51. The highest BCUT2D eigenvalue weighted by Crippen LogP contribution is 2.28. The molecular weight excluding hydrogens is 274 g/mol. The van der Waals surface area contributed by atoms with Crippen LogP contribution in [0.3, 0.4) is 0 Å². The molecule has 104 valence electrons. The Labute approximate surface area is 114 Å². The summed E-state index contributed by atoms with van der Waals surface area (Å²) in [5.41, 5.74) is -0.0654. The normalized spacial score (nSPS) is 13.7. The Bertz CT molecular complexity index is 491. The Morgan fingerprint density at radius 1 is 1.37 bits per heavy atom. The van der Waals surface area contributed by atoms with Crippen molar-refractivity contribution < 1.29 is 24.9 Å². The molecule has 0 bridgehead atoms. The van der Waals surface area contributed by atoms with Crippen molar-refractivity contribution in [3.05, 3.63) is 34.3 Å². The van der Waals surface area contributed by atoms with E-state index in [-0.39, 0.29) is 28.6 Å². The first-order valence-electron chi connectivity index (χ1n) is 5.47. The maximum atomic E-state index is 10.9. The van der Waals surface area contributed by atoms with Crippen LogP contribution in [0.1, 0.15) is 28.9 Å². The number of nitrogens with one attached hydrogen (secondary N) is 1. The van der Waals surface area contributed by atoms with Crippen LogP contribution in [-0.2, 0) is 4.79 Å². The first-order chi connectivity index (χ1) is 8.84. The number of carboxylic acid groups (broad SMARTS) is 1. The van der Waals surface area contributed by atoms with E-state index in [1.54, 1.807) is 0 Å². The minimum Gasteiger partial charge on any atom is -0.478 e. The molecule has 1 aromatic carbocycles. The van der Waals surface area contributed by atoms with E-state index in [1.165, 1.54) is 25.1 Å². The highest BCUT2D eigenvalue weighted by Gasteiger charge is 2.23. The van der Waals surface area contributed by atoms with Crippen molar-refractivity contribution in [2.45, 2.75) is 19.1 Å². The van der Waals surface area contributed by atoms with Gasteiger partial charge in [0.25, 0.3) is 0 Å². The van der Waals surface area contributed by atoms with Crippen molar-refractivity contribution >= 4 is 23.5 Å². The predicted octanol–water partition coefficient (Wildman–Crippen LogP) is 0.569. The maximum absolute atomic E-state index is 10.9. The first-order valence-corrected chi connectivity index (χ1v) is 5.84. The van der Waals surface area contributed by atoms with E-state index in [2.05, 4.69) is 5.32 Å². The van der Waals surface area contributed by atoms with E-state index in [9.17, 15) is 19.8 Å². The number of carboxylic acids is 1. The molecule has 0 aliphatic heterocycles. The van der Waals surface area contributed by atoms with Crippen LogP contribution in [0.25, 0.3) is 0 Å². The van der Waals surface area contributed by atoms with E-state index in [4.69, 9.17) is 16.7 Å². The second-order valence-corrected chi connectivity index (χ2v) is 4.34. The standard InChI is InChI=1S/C12H14ClNO5/c1-6(15)14-5-9(16)11(17)7-3-2-4-8(10(7)13)12(18)19/h2-4,9,11,16-17H,5H2,1H3,(H,14,15)(H,18,19). The van der Waals surface area contributed by atoms with Gasteiger partial charge in [-0.1, -0.05) is 23.7 Å². The third-order valence-corrected chi connectivity index (χ3v) is 2.92. The molecule has 2 atom stereocenters. The zero-order chi connectivity index (χ0) is 14.6. The lowest BCUT2D eigenvalue weighted by Gasteiger charge is -2.20. The molecular formula is C12H14ClNO5. The number of carbonyl (C=O) groups is 2. The van der Waals surface area contributed by atoms with Gasteiger partial charge in [0.2, 0.25) is 5.91 Å². The van der Waals surface area contributed by atoms with Gasteiger partial charge in [0.05, 0.1) is 10.6 Å². The summed E-state index contributed by atoms with van der Waals surface area (Å²) in [5.74, 6) is -1.58. The molecule has 0 aromatic heterocycles. The van der Waals surface area contributed by atoms with Gasteiger partial charge in [-0.3, -0.25) is 4.79 Å². The van der Waals surface area contributed by atoms with Gasteiger partial charge in [0.1, 0.15) is 12.2 Å². The maximum Gasteiger partial charge on any atom is 0.337 e. The summed E-state index contributed by atoms with van der Waals surface area (Å²) >= 11 is 5.87. The minimum absolute atomic E-state index is 0.0967. The van der Waals surface area contributed by atoms with Gasteiger partial charge in [0, 0.05) is 19.0 Å². The summed E-state index contributed by atoms with van der Waals surface area (Å²) in [5, 5.41) is 30.7. The monoisotopic (exact) mass is 287 g/mol. The summed E-state index contributed by atoms with van der Waals surface area (Å²) in [6.45, 7) is 1.11. The van der Waals surface area contributed by atoms with Gasteiger partial charge in [0.15, 0.2) is 0 Å². The number of aliphatic hydroxyl groups excluding tert-OH is 2. The second-order valence-electron chi connectivity index (χ2n) is 3.96. The summed E-state index contributed by atoms with van der Waals surface area (Å²) < 4.78 is 0. The number of amides is 1. The number of aromatic carboxylic acids is 1. The Kier molecular flexibility index (Phi) is 5.29. The Morgan fingerprint density at radius 3 is 2.53 bits per heavy atom. The number of rotatable bonds is 5. The van der Waals surface area contributed by atoms with Crippen molar-refractivity contribution in [1.82, 2.24) is 5.32 Å². The van der Waals surface area contributed by atoms with Gasteiger partial charge >= 0.3 is 5.97 Å². The molecule has 19 heavy (non-hydrogen) atoms. The smallest absolute Gasteiger partial charge is 0.337 e. The summed E-state index contributed by atoms with van der Waals surface area (Å²) in [4.78, 5) is 21.6. The number of carbonyl (C=O) groups excluding carboxylic acids is 1. The summed E-state index contributed by atoms with van der Waals surface area (Å²) in [6.07, 6.45) is -2.68. The summed E-state index contributed by atoms with van der Waals surface area (Å²) in [7, 11) is 0.